The van der Waals surface area contributed by atoms with Crippen molar-refractivity contribution in [1.82, 2.24) is 5.32 Å². The number of methoxy groups -OCH3 is 1. The maximum Gasteiger partial charge on any atom is 0.121 e. The van der Waals surface area contributed by atoms with Gasteiger partial charge in [-0.2, -0.15) is 0 Å². The summed E-state index contributed by atoms with van der Waals surface area (Å²) >= 11 is 5.95. The molecule has 2 rings (SSSR count). The zero-order chi connectivity index (χ0) is 15.2. The lowest BCUT2D eigenvalue weighted by Crippen LogP contribution is -2.20. The first-order valence-corrected chi connectivity index (χ1v) is 7.64. The van der Waals surface area contributed by atoms with Crippen LogP contribution in [0, 0.1) is 6.92 Å². The highest BCUT2D eigenvalue weighted by atomic mass is 35.5. The Kier molecular flexibility index (Phi) is 5.66. The van der Waals surface area contributed by atoms with Crippen molar-refractivity contribution < 1.29 is 4.74 Å². The average molecular weight is 304 g/mol. The van der Waals surface area contributed by atoms with Crippen molar-refractivity contribution in [3.05, 3.63) is 64.2 Å². The second kappa shape index (κ2) is 7.48. The molecule has 1 unspecified atom stereocenters. The van der Waals surface area contributed by atoms with Crippen LogP contribution in [0.15, 0.2) is 42.5 Å². The van der Waals surface area contributed by atoms with Crippen molar-refractivity contribution in [1.29, 1.82) is 0 Å². The Morgan fingerprint density at radius 1 is 1.14 bits per heavy atom. The molecule has 2 aromatic rings. The van der Waals surface area contributed by atoms with Crippen molar-refractivity contribution in [3.8, 4) is 5.75 Å². The Labute approximate surface area is 132 Å². The first-order valence-electron chi connectivity index (χ1n) is 7.26. The predicted octanol–water partition coefficient (Wildman–Crippen LogP) is 4.90. The molecule has 2 aromatic carbocycles. The van der Waals surface area contributed by atoms with Crippen LogP contribution in [0.1, 0.15) is 36.1 Å². The van der Waals surface area contributed by atoms with Gasteiger partial charge in [0, 0.05) is 17.6 Å². The van der Waals surface area contributed by atoms with Crippen LogP contribution < -0.4 is 10.1 Å². The van der Waals surface area contributed by atoms with Crippen molar-refractivity contribution in [3.63, 3.8) is 0 Å². The Balaban J connectivity index is 2.03. The van der Waals surface area contributed by atoms with Gasteiger partial charge in [0.25, 0.3) is 0 Å². The molecule has 112 valence electrons. The van der Waals surface area contributed by atoms with Crippen LogP contribution in [0.4, 0.5) is 0 Å². The van der Waals surface area contributed by atoms with Gasteiger partial charge >= 0.3 is 0 Å². The summed E-state index contributed by atoms with van der Waals surface area (Å²) < 4.78 is 5.29. The minimum atomic E-state index is 0.338. The van der Waals surface area contributed by atoms with Gasteiger partial charge in [-0.25, -0.2) is 0 Å². The van der Waals surface area contributed by atoms with Gasteiger partial charge in [0.05, 0.1) is 7.11 Å². The van der Waals surface area contributed by atoms with E-state index >= 15 is 0 Å². The molecule has 0 aliphatic carbocycles. The van der Waals surface area contributed by atoms with E-state index in [2.05, 4.69) is 43.4 Å². The monoisotopic (exact) mass is 303 g/mol. The summed E-state index contributed by atoms with van der Waals surface area (Å²) in [6.07, 6.45) is 1.04. The largest absolute Gasteiger partial charge is 0.496 e. The van der Waals surface area contributed by atoms with Crippen LogP contribution in [-0.4, -0.2) is 7.11 Å². The smallest absolute Gasteiger partial charge is 0.121 e. The van der Waals surface area contributed by atoms with E-state index in [1.54, 1.807) is 7.11 Å². The van der Waals surface area contributed by atoms with Gasteiger partial charge in [-0.3, -0.25) is 0 Å². The first-order chi connectivity index (χ1) is 10.1. The van der Waals surface area contributed by atoms with E-state index in [1.807, 2.05) is 18.2 Å². The van der Waals surface area contributed by atoms with Gasteiger partial charge < -0.3 is 10.1 Å². The fraction of sp³-hybridized carbons (Fsp3) is 0.333. The molecule has 0 saturated heterocycles. The van der Waals surface area contributed by atoms with Gasteiger partial charge in [0.1, 0.15) is 5.75 Å². The third-order valence-electron chi connectivity index (χ3n) is 3.69. The highest BCUT2D eigenvalue weighted by Crippen LogP contribution is 2.21. The van der Waals surface area contributed by atoms with E-state index in [9.17, 15) is 0 Å². The third-order valence-corrected chi connectivity index (χ3v) is 3.94. The predicted molar refractivity (Wildman–Crippen MR) is 89.1 cm³/mol. The summed E-state index contributed by atoms with van der Waals surface area (Å²) in [5.74, 6) is 0.934. The highest BCUT2D eigenvalue weighted by Gasteiger charge is 2.09. The standard InChI is InChI=1S/C18H22ClNO/c1-4-17(15-6-8-16(19)9-7-15)20-12-14-5-10-18(21-3)13(2)11-14/h5-11,17,20H,4,12H2,1-3H3. The lowest BCUT2D eigenvalue weighted by Gasteiger charge is -2.18. The molecule has 0 radical (unpaired) electrons. The molecule has 21 heavy (non-hydrogen) atoms. The molecule has 1 N–H and O–H groups in total. The molecule has 1 atom stereocenters. The number of aryl methyl sites for hydroxylation is 1. The van der Waals surface area contributed by atoms with Crippen LogP contribution >= 0.6 is 11.6 Å². The van der Waals surface area contributed by atoms with Crippen molar-refractivity contribution in [2.75, 3.05) is 7.11 Å². The average Bonchev–Trinajstić information content (AvgIpc) is 2.49. The second-order valence-electron chi connectivity index (χ2n) is 5.20. The lowest BCUT2D eigenvalue weighted by molar-refractivity contribution is 0.411. The summed E-state index contributed by atoms with van der Waals surface area (Å²) in [6.45, 7) is 5.09. The van der Waals surface area contributed by atoms with Gasteiger partial charge in [-0.1, -0.05) is 42.8 Å². The van der Waals surface area contributed by atoms with E-state index in [0.29, 0.717) is 6.04 Å². The number of halogens is 1. The summed E-state index contributed by atoms with van der Waals surface area (Å²) in [6, 6.07) is 14.7. The molecule has 0 amide bonds. The summed E-state index contributed by atoms with van der Waals surface area (Å²) in [7, 11) is 1.70. The van der Waals surface area contributed by atoms with Gasteiger partial charge in [-0.15, -0.1) is 0 Å². The van der Waals surface area contributed by atoms with Crippen LogP contribution in [0.2, 0.25) is 5.02 Å². The Morgan fingerprint density at radius 2 is 1.86 bits per heavy atom. The van der Waals surface area contributed by atoms with Crippen molar-refractivity contribution >= 4 is 11.6 Å². The summed E-state index contributed by atoms with van der Waals surface area (Å²) in [4.78, 5) is 0. The molecule has 2 nitrogen and oxygen atoms in total. The van der Waals surface area contributed by atoms with E-state index in [0.717, 1.165) is 29.3 Å². The van der Waals surface area contributed by atoms with Gasteiger partial charge in [0.15, 0.2) is 0 Å². The number of nitrogens with one attached hydrogen (secondary N) is 1. The van der Waals surface area contributed by atoms with Gasteiger partial charge in [-0.05, 0) is 48.2 Å². The summed E-state index contributed by atoms with van der Waals surface area (Å²) in [5, 5.41) is 4.38. The van der Waals surface area contributed by atoms with E-state index in [-0.39, 0.29) is 0 Å². The molecular weight excluding hydrogens is 282 g/mol. The zero-order valence-electron chi connectivity index (χ0n) is 12.8. The first kappa shape index (κ1) is 15.9. The molecule has 0 bridgehead atoms. The van der Waals surface area contributed by atoms with Crippen LogP contribution in [0.3, 0.4) is 0 Å². The minimum Gasteiger partial charge on any atom is -0.496 e. The maximum absolute atomic E-state index is 5.95. The minimum absolute atomic E-state index is 0.338. The van der Waals surface area contributed by atoms with E-state index in [1.165, 1.54) is 11.1 Å². The topological polar surface area (TPSA) is 21.3 Å². The molecule has 0 aromatic heterocycles. The molecule has 0 saturated carbocycles. The van der Waals surface area contributed by atoms with Crippen LogP contribution in [-0.2, 0) is 6.54 Å². The second-order valence-corrected chi connectivity index (χ2v) is 5.63. The number of ether oxygens (including phenoxy) is 1. The Bertz CT molecular complexity index is 580. The number of benzene rings is 2. The highest BCUT2D eigenvalue weighted by molar-refractivity contribution is 6.30. The third kappa shape index (κ3) is 4.23. The fourth-order valence-corrected chi connectivity index (χ4v) is 2.61. The van der Waals surface area contributed by atoms with E-state index in [4.69, 9.17) is 16.3 Å². The van der Waals surface area contributed by atoms with Gasteiger partial charge in [0.2, 0.25) is 0 Å². The number of hydrogen-bond donors (Lipinski definition) is 1. The molecule has 0 heterocycles. The molecule has 0 spiro atoms. The van der Waals surface area contributed by atoms with Crippen molar-refractivity contribution in [2.24, 2.45) is 0 Å². The molecular formula is C18H22ClNO. The number of rotatable bonds is 6. The molecule has 3 heteroatoms. The van der Waals surface area contributed by atoms with Crippen LogP contribution in [0.5, 0.6) is 5.75 Å². The Morgan fingerprint density at radius 3 is 2.43 bits per heavy atom. The molecule has 0 aliphatic rings. The fourth-order valence-electron chi connectivity index (χ4n) is 2.48. The molecule has 0 aliphatic heterocycles. The normalized spacial score (nSPS) is 12.2. The Hall–Kier alpha value is -1.51. The summed E-state index contributed by atoms with van der Waals surface area (Å²) in [5.41, 5.74) is 3.70. The quantitative estimate of drug-likeness (QED) is 0.819. The SMILES string of the molecule is CCC(NCc1ccc(OC)c(C)c1)c1ccc(Cl)cc1. The lowest BCUT2D eigenvalue weighted by atomic mass is 10.0. The van der Waals surface area contributed by atoms with Crippen LogP contribution in [0.25, 0.3) is 0 Å². The van der Waals surface area contributed by atoms with Crippen molar-refractivity contribution in [2.45, 2.75) is 32.9 Å². The maximum atomic E-state index is 5.95. The zero-order valence-corrected chi connectivity index (χ0v) is 13.6. The number of hydrogen-bond acceptors (Lipinski definition) is 2. The van der Waals surface area contributed by atoms with E-state index < -0.39 is 0 Å². The molecule has 0 fully saturated rings.